The van der Waals surface area contributed by atoms with Crippen LogP contribution < -0.4 is 0 Å². The predicted octanol–water partition coefficient (Wildman–Crippen LogP) is 12.9. The van der Waals surface area contributed by atoms with Gasteiger partial charge in [0.25, 0.3) is 0 Å². The van der Waals surface area contributed by atoms with Crippen molar-refractivity contribution in [2.45, 2.75) is 219 Å². The zero-order valence-electron chi connectivity index (χ0n) is 32.5. The Morgan fingerprint density at radius 1 is 0.388 bits per heavy atom. The van der Waals surface area contributed by atoms with Crippen LogP contribution in [0.1, 0.15) is 213 Å². The molecule has 0 aliphatic carbocycles. The highest BCUT2D eigenvalue weighted by Gasteiger charge is 2.19. The third-order valence-corrected chi connectivity index (χ3v) is 8.93. The molecule has 6 heteroatoms. The lowest BCUT2D eigenvalue weighted by atomic mass is 10.1. The summed E-state index contributed by atoms with van der Waals surface area (Å²) < 4.78 is 16.6. The van der Waals surface area contributed by atoms with E-state index < -0.39 is 6.10 Å². The molecule has 0 radical (unpaired) electrons. The normalized spacial score (nSPS) is 12.1. The van der Waals surface area contributed by atoms with E-state index in [-0.39, 0.29) is 31.1 Å². The van der Waals surface area contributed by atoms with Crippen LogP contribution >= 0.6 is 0 Å². The van der Waals surface area contributed by atoms with Gasteiger partial charge in [-0.25, -0.2) is 0 Å². The van der Waals surface area contributed by atoms with E-state index in [1.807, 2.05) is 0 Å². The Hall–Kier alpha value is -2.11. The van der Waals surface area contributed by atoms with Crippen molar-refractivity contribution >= 4 is 17.9 Å². The summed E-state index contributed by atoms with van der Waals surface area (Å²) in [6.07, 6.45) is 40.2. The number of allylic oxidation sites excluding steroid dienone is 4. The Balaban J connectivity index is 4.39. The summed E-state index contributed by atoms with van der Waals surface area (Å²) in [7, 11) is 0. The van der Waals surface area contributed by atoms with E-state index in [0.717, 1.165) is 96.3 Å². The lowest BCUT2D eigenvalue weighted by Gasteiger charge is -2.18. The molecule has 1 atom stereocenters. The molecule has 0 aliphatic heterocycles. The fourth-order valence-corrected chi connectivity index (χ4v) is 5.70. The number of unbranched alkanes of at least 4 members (excludes halogenated alkanes) is 22. The van der Waals surface area contributed by atoms with Gasteiger partial charge in [-0.3, -0.25) is 14.4 Å². The molecule has 1 unspecified atom stereocenters. The van der Waals surface area contributed by atoms with Gasteiger partial charge in [0.2, 0.25) is 0 Å². The van der Waals surface area contributed by atoms with Gasteiger partial charge in [0, 0.05) is 19.3 Å². The molecule has 6 nitrogen and oxygen atoms in total. The molecule has 0 heterocycles. The van der Waals surface area contributed by atoms with E-state index in [0.29, 0.717) is 19.3 Å². The first-order chi connectivity index (χ1) is 24.0. The molecule has 0 aromatic carbocycles. The van der Waals surface area contributed by atoms with E-state index >= 15 is 0 Å². The Bertz CT molecular complexity index is 804. The van der Waals surface area contributed by atoms with E-state index in [2.05, 4.69) is 45.1 Å². The highest BCUT2D eigenvalue weighted by Crippen LogP contribution is 2.14. The van der Waals surface area contributed by atoms with Crippen molar-refractivity contribution in [3.63, 3.8) is 0 Å². The molecule has 0 N–H and O–H groups in total. The van der Waals surface area contributed by atoms with Gasteiger partial charge in [-0.05, 0) is 57.8 Å². The third kappa shape index (κ3) is 37.0. The number of esters is 3. The van der Waals surface area contributed by atoms with Crippen molar-refractivity contribution in [1.82, 2.24) is 0 Å². The Labute approximate surface area is 303 Å². The molecule has 0 saturated carbocycles. The average molecular weight is 691 g/mol. The first-order valence-electron chi connectivity index (χ1n) is 20.8. The highest BCUT2D eigenvalue weighted by atomic mass is 16.6. The van der Waals surface area contributed by atoms with Crippen LogP contribution in [0.2, 0.25) is 0 Å². The van der Waals surface area contributed by atoms with Crippen molar-refractivity contribution in [3.05, 3.63) is 24.3 Å². The summed E-state index contributed by atoms with van der Waals surface area (Å²) >= 11 is 0. The maximum Gasteiger partial charge on any atom is 0.306 e. The minimum absolute atomic E-state index is 0.0774. The quantitative estimate of drug-likeness (QED) is 0.0279. The molecule has 0 rings (SSSR count). The number of rotatable bonds is 37. The van der Waals surface area contributed by atoms with Crippen LogP contribution in [0.15, 0.2) is 24.3 Å². The van der Waals surface area contributed by atoms with Gasteiger partial charge >= 0.3 is 17.9 Å². The SMILES string of the molecule is CCCC/C=C\CCCCCCC(=O)OCC(COC(=O)CCCCCCCCCCCCC)OC(=O)CCCCCC/C=C\CCCC. The fourth-order valence-electron chi connectivity index (χ4n) is 5.70. The van der Waals surface area contributed by atoms with Crippen molar-refractivity contribution < 1.29 is 28.6 Å². The molecule has 0 aliphatic rings. The van der Waals surface area contributed by atoms with Gasteiger partial charge in [-0.1, -0.05) is 161 Å². The lowest BCUT2D eigenvalue weighted by molar-refractivity contribution is -0.167. The first-order valence-corrected chi connectivity index (χ1v) is 20.8. The van der Waals surface area contributed by atoms with E-state index in [1.165, 1.54) is 77.0 Å². The van der Waals surface area contributed by atoms with Crippen LogP contribution in [-0.4, -0.2) is 37.2 Å². The van der Waals surface area contributed by atoms with Crippen molar-refractivity contribution in [3.8, 4) is 0 Å². The molecule has 0 saturated heterocycles. The standard InChI is InChI=1S/C43H78O6/c1-4-7-10-13-16-19-22-25-27-30-33-36-42(45)48-39-40(49-43(46)37-34-31-28-24-21-18-15-12-9-6-3)38-47-41(44)35-32-29-26-23-20-17-14-11-8-5-2/h14-15,17-18,40H,4-13,16,19-39H2,1-3H3/b17-14-,18-15-. The topological polar surface area (TPSA) is 78.9 Å². The zero-order valence-corrected chi connectivity index (χ0v) is 32.5. The van der Waals surface area contributed by atoms with Crippen LogP contribution in [-0.2, 0) is 28.6 Å². The Morgan fingerprint density at radius 3 is 1.08 bits per heavy atom. The second kappa shape index (κ2) is 38.7. The second-order valence-electron chi connectivity index (χ2n) is 13.9. The minimum Gasteiger partial charge on any atom is -0.462 e. The van der Waals surface area contributed by atoms with Crippen LogP contribution in [0.4, 0.5) is 0 Å². The molecule has 286 valence electrons. The second-order valence-corrected chi connectivity index (χ2v) is 13.9. The average Bonchev–Trinajstić information content (AvgIpc) is 3.10. The van der Waals surface area contributed by atoms with E-state index in [4.69, 9.17) is 14.2 Å². The Kier molecular flexibility index (Phi) is 37.0. The summed E-state index contributed by atoms with van der Waals surface area (Å²) in [5, 5.41) is 0. The number of hydrogen-bond acceptors (Lipinski definition) is 6. The molecule has 0 fully saturated rings. The van der Waals surface area contributed by atoms with Crippen molar-refractivity contribution in [2.24, 2.45) is 0 Å². The van der Waals surface area contributed by atoms with Gasteiger partial charge in [-0.2, -0.15) is 0 Å². The van der Waals surface area contributed by atoms with Crippen LogP contribution in [0.25, 0.3) is 0 Å². The number of carbonyl (C=O) groups is 3. The van der Waals surface area contributed by atoms with Crippen molar-refractivity contribution in [2.75, 3.05) is 13.2 Å². The van der Waals surface area contributed by atoms with Gasteiger partial charge < -0.3 is 14.2 Å². The van der Waals surface area contributed by atoms with Gasteiger partial charge in [0.15, 0.2) is 6.10 Å². The zero-order chi connectivity index (χ0) is 35.9. The molecular weight excluding hydrogens is 612 g/mol. The van der Waals surface area contributed by atoms with Gasteiger partial charge in [0.05, 0.1) is 0 Å². The maximum absolute atomic E-state index is 12.6. The molecule has 0 aromatic rings. The molecule has 0 spiro atoms. The summed E-state index contributed by atoms with van der Waals surface area (Å²) in [6.45, 7) is 6.51. The Morgan fingerprint density at radius 2 is 0.694 bits per heavy atom. The number of carbonyl (C=O) groups excluding carboxylic acids is 3. The fraction of sp³-hybridized carbons (Fsp3) is 0.837. The smallest absolute Gasteiger partial charge is 0.306 e. The van der Waals surface area contributed by atoms with E-state index in [9.17, 15) is 14.4 Å². The third-order valence-electron chi connectivity index (χ3n) is 8.93. The van der Waals surface area contributed by atoms with Crippen LogP contribution in [0.5, 0.6) is 0 Å². The van der Waals surface area contributed by atoms with Crippen LogP contribution in [0, 0.1) is 0 Å². The largest absolute Gasteiger partial charge is 0.462 e. The maximum atomic E-state index is 12.6. The van der Waals surface area contributed by atoms with Gasteiger partial charge in [0.1, 0.15) is 13.2 Å². The minimum atomic E-state index is -0.773. The van der Waals surface area contributed by atoms with E-state index in [1.54, 1.807) is 0 Å². The highest BCUT2D eigenvalue weighted by molar-refractivity contribution is 5.71. The number of ether oxygens (including phenoxy) is 3. The lowest BCUT2D eigenvalue weighted by Crippen LogP contribution is -2.30. The van der Waals surface area contributed by atoms with Gasteiger partial charge in [-0.15, -0.1) is 0 Å². The summed E-state index contributed by atoms with van der Waals surface area (Å²) in [5.41, 5.74) is 0. The molecule has 0 aromatic heterocycles. The summed E-state index contributed by atoms with van der Waals surface area (Å²) in [5.74, 6) is -0.908. The van der Waals surface area contributed by atoms with Crippen LogP contribution in [0.3, 0.4) is 0 Å². The van der Waals surface area contributed by atoms with Crippen molar-refractivity contribution in [1.29, 1.82) is 0 Å². The molecular formula is C43H78O6. The summed E-state index contributed by atoms with van der Waals surface area (Å²) in [6, 6.07) is 0. The number of hydrogen-bond donors (Lipinski definition) is 0. The first kappa shape index (κ1) is 46.9. The summed E-state index contributed by atoms with van der Waals surface area (Å²) in [4.78, 5) is 37.5. The predicted molar refractivity (Wildman–Crippen MR) is 206 cm³/mol. The molecule has 0 amide bonds. The molecule has 0 bridgehead atoms. The monoisotopic (exact) mass is 691 g/mol. The molecule has 49 heavy (non-hydrogen) atoms.